The maximum Gasteiger partial charge on any atom is 0.156 e. The summed E-state index contributed by atoms with van der Waals surface area (Å²) in [6.45, 7) is 0. The van der Waals surface area contributed by atoms with E-state index in [2.05, 4.69) is 10.9 Å². The average Bonchev–Trinajstić information content (AvgIpc) is 2.09. The molecule has 1 aromatic rings. The normalized spacial score (nSPS) is 11.1. The third-order valence-electron chi connectivity index (χ3n) is 1.35. The number of hydrogen-bond donors (Lipinski definition) is 1. The lowest BCUT2D eigenvalue weighted by molar-refractivity contribution is 0.541. The van der Waals surface area contributed by atoms with Gasteiger partial charge in [-0.2, -0.15) is 5.10 Å². The maximum absolute atomic E-state index is 13.0. The van der Waals surface area contributed by atoms with Crippen molar-refractivity contribution in [3.8, 4) is 0 Å². The molecular formula is C7H4ClF3N2. The van der Waals surface area contributed by atoms with Gasteiger partial charge in [0.05, 0.1) is 11.8 Å². The van der Waals surface area contributed by atoms with E-state index in [1.807, 2.05) is 0 Å². The van der Waals surface area contributed by atoms with E-state index >= 15 is 0 Å². The van der Waals surface area contributed by atoms with Gasteiger partial charge in [0, 0.05) is 6.07 Å². The number of nitrogens with zero attached hydrogens (tertiary/aromatic N) is 1. The highest BCUT2D eigenvalue weighted by molar-refractivity contribution is 6.31. The minimum atomic E-state index is -1.21. The summed E-state index contributed by atoms with van der Waals surface area (Å²) in [4.78, 5) is 0. The molecule has 0 radical (unpaired) electrons. The van der Waals surface area contributed by atoms with Crippen LogP contribution in [0.4, 0.5) is 13.2 Å². The van der Waals surface area contributed by atoms with E-state index in [0.717, 1.165) is 6.21 Å². The number of hydrogen-bond acceptors (Lipinski definition) is 2. The zero-order valence-electron chi connectivity index (χ0n) is 6.19. The molecule has 0 spiro atoms. The van der Waals surface area contributed by atoms with E-state index in [-0.39, 0.29) is 0 Å². The Bertz CT molecular complexity index is 365. The van der Waals surface area contributed by atoms with Gasteiger partial charge in [-0.15, -0.1) is 0 Å². The van der Waals surface area contributed by atoms with Gasteiger partial charge in [-0.25, -0.2) is 13.2 Å². The van der Waals surface area contributed by atoms with E-state index in [4.69, 9.17) is 11.6 Å². The third-order valence-corrected chi connectivity index (χ3v) is 1.70. The van der Waals surface area contributed by atoms with Gasteiger partial charge in [-0.05, 0) is 0 Å². The Morgan fingerprint density at radius 2 is 1.92 bits per heavy atom. The van der Waals surface area contributed by atoms with E-state index in [9.17, 15) is 13.2 Å². The highest BCUT2D eigenvalue weighted by atomic mass is 35.5. The minimum Gasteiger partial charge on any atom is -0.323 e. The summed E-state index contributed by atoms with van der Waals surface area (Å²) in [7, 11) is 0. The van der Waals surface area contributed by atoms with E-state index in [1.54, 1.807) is 0 Å². The second-order valence-corrected chi connectivity index (χ2v) is 2.54. The molecule has 0 amide bonds. The molecule has 0 bridgehead atoms. The topological polar surface area (TPSA) is 38.4 Å². The van der Waals surface area contributed by atoms with Gasteiger partial charge in [0.2, 0.25) is 0 Å². The molecule has 0 saturated carbocycles. The average molecular weight is 209 g/mol. The van der Waals surface area contributed by atoms with E-state index in [0.29, 0.717) is 6.07 Å². The Morgan fingerprint density at radius 1 is 1.31 bits per heavy atom. The van der Waals surface area contributed by atoms with Crippen LogP contribution in [-0.2, 0) is 0 Å². The molecule has 0 unspecified atom stereocenters. The number of rotatable bonds is 1. The largest absolute Gasteiger partial charge is 0.323 e. The van der Waals surface area contributed by atoms with Crippen molar-refractivity contribution in [2.24, 2.45) is 10.9 Å². The Labute approximate surface area is 76.8 Å². The number of hydrazone groups is 1. The van der Waals surface area contributed by atoms with Crippen molar-refractivity contribution in [2.45, 2.75) is 0 Å². The predicted molar refractivity (Wildman–Crippen MR) is 43.1 cm³/mol. The van der Waals surface area contributed by atoms with Crippen LogP contribution in [0.3, 0.4) is 0 Å². The summed E-state index contributed by atoms with van der Waals surface area (Å²) in [5.74, 6) is 1.21. The molecule has 0 aliphatic rings. The molecule has 0 aromatic heterocycles. The molecule has 0 fully saturated rings. The van der Waals surface area contributed by atoms with Crippen LogP contribution in [0.15, 0.2) is 11.2 Å². The molecule has 1 rings (SSSR count). The maximum atomic E-state index is 13.0. The molecule has 70 valence electrons. The highest BCUT2D eigenvalue weighted by Gasteiger charge is 2.15. The van der Waals surface area contributed by atoms with Gasteiger partial charge >= 0.3 is 0 Å². The molecule has 0 aliphatic carbocycles. The fourth-order valence-electron chi connectivity index (χ4n) is 0.773. The molecule has 2 N–H and O–H groups in total. The summed E-state index contributed by atoms with van der Waals surface area (Å²) in [6, 6.07) is 0.461. The summed E-state index contributed by atoms with van der Waals surface area (Å²) in [5, 5.41) is 2.13. The van der Waals surface area contributed by atoms with Crippen molar-refractivity contribution in [1.29, 1.82) is 0 Å². The van der Waals surface area contributed by atoms with Crippen molar-refractivity contribution in [1.82, 2.24) is 0 Å². The molecule has 6 heteroatoms. The lowest BCUT2D eigenvalue weighted by Crippen LogP contribution is -1.99. The third kappa shape index (κ3) is 1.75. The lowest BCUT2D eigenvalue weighted by atomic mass is 10.2. The zero-order chi connectivity index (χ0) is 10.0. The van der Waals surface area contributed by atoms with E-state index < -0.39 is 28.0 Å². The van der Waals surface area contributed by atoms with Crippen LogP contribution in [0, 0.1) is 17.5 Å². The van der Waals surface area contributed by atoms with Crippen LogP contribution in [0.5, 0.6) is 0 Å². The van der Waals surface area contributed by atoms with Crippen LogP contribution in [0.2, 0.25) is 5.02 Å². The first-order chi connectivity index (χ1) is 6.07. The van der Waals surface area contributed by atoms with Crippen LogP contribution < -0.4 is 5.84 Å². The molecule has 0 aliphatic heterocycles. The molecule has 2 nitrogen and oxygen atoms in total. The standard InChI is InChI=1S/C7H4ClF3N2/c8-6-5(10)1-4(9)3(2-13-12)7(6)11/h1-2H,12H2. The van der Waals surface area contributed by atoms with Crippen molar-refractivity contribution >= 4 is 17.8 Å². The van der Waals surface area contributed by atoms with Crippen molar-refractivity contribution in [3.63, 3.8) is 0 Å². The summed E-state index contributed by atoms with van der Waals surface area (Å²) >= 11 is 5.17. The summed E-state index contributed by atoms with van der Waals surface area (Å²) in [5.41, 5.74) is -0.561. The fraction of sp³-hybridized carbons (Fsp3) is 0. The monoisotopic (exact) mass is 208 g/mol. The zero-order valence-corrected chi connectivity index (χ0v) is 6.95. The van der Waals surface area contributed by atoms with Gasteiger partial charge < -0.3 is 5.84 Å². The van der Waals surface area contributed by atoms with Crippen LogP contribution in [0.1, 0.15) is 5.56 Å². The quantitative estimate of drug-likeness (QED) is 0.248. The first-order valence-corrected chi connectivity index (χ1v) is 3.52. The second kappa shape index (κ2) is 3.66. The Kier molecular flexibility index (Phi) is 2.77. The Hall–Kier alpha value is -1.23. The highest BCUT2D eigenvalue weighted by Crippen LogP contribution is 2.23. The smallest absolute Gasteiger partial charge is 0.156 e. The Balaban J connectivity index is 3.43. The van der Waals surface area contributed by atoms with Crippen molar-refractivity contribution in [2.75, 3.05) is 0 Å². The second-order valence-electron chi connectivity index (χ2n) is 2.16. The molecular weight excluding hydrogens is 205 g/mol. The van der Waals surface area contributed by atoms with Gasteiger partial charge in [0.15, 0.2) is 5.82 Å². The van der Waals surface area contributed by atoms with Crippen molar-refractivity contribution < 1.29 is 13.2 Å². The first kappa shape index (κ1) is 9.85. The van der Waals surface area contributed by atoms with Gasteiger partial charge in [-0.1, -0.05) is 11.6 Å². The molecule has 0 heterocycles. The summed E-state index contributed by atoms with van der Waals surface area (Å²) < 4.78 is 38.3. The van der Waals surface area contributed by atoms with Gasteiger partial charge in [-0.3, -0.25) is 0 Å². The van der Waals surface area contributed by atoms with Crippen molar-refractivity contribution in [3.05, 3.63) is 34.1 Å². The number of halogens is 4. The van der Waals surface area contributed by atoms with Gasteiger partial charge in [0.1, 0.15) is 16.7 Å². The molecule has 0 atom stereocenters. The molecule has 0 saturated heterocycles. The lowest BCUT2D eigenvalue weighted by Gasteiger charge is -2.01. The van der Waals surface area contributed by atoms with Crippen LogP contribution >= 0.6 is 11.6 Å². The minimum absolute atomic E-state index is 0.461. The van der Waals surface area contributed by atoms with Crippen LogP contribution in [-0.4, -0.2) is 6.21 Å². The predicted octanol–water partition coefficient (Wildman–Crippen LogP) is 2.05. The fourth-order valence-corrected chi connectivity index (χ4v) is 0.930. The Morgan fingerprint density at radius 3 is 2.46 bits per heavy atom. The van der Waals surface area contributed by atoms with E-state index in [1.165, 1.54) is 0 Å². The first-order valence-electron chi connectivity index (χ1n) is 3.14. The number of benzene rings is 1. The SMILES string of the molecule is NN=Cc1c(F)cc(F)c(Cl)c1F. The number of nitrogens with two attached hydrogens (primary N) is 1. The summed E-state index contributed by atoms with van der Waals surface area (Å²) in [6.07, 6.45) is 0.718. The van der Waals surface area contributed by atoms with Gasteiger partial charge in [0.25, 0.3) is 0 Å². The van der Waals surface area contributed by atoms with Crippen LogP contribution in [0.25, 0.3) is 0 Å². The molecule has 13 heavy (non-hydrogen) atoms. The molecule has 1 aromatic carbocycles.